The molecule has 1 aromatic rings. The molecule has 3 nitrogen and oxygen atoms in total. The molecule has 1 heterocycles. The molecule has 0 amide bonds. The first-order chi connectivity index (χ1) is 7.57. The lowest BCUT2D eigenvalue weighted by atomic mass is 10.2. The Morgan fingerprint density at radius 3 is 2.75 bits per heavy atom. The third-order valence-corrected chi connectivity index (χ3v) is 3.73. The lowest BCUT2D eigenvalue weighted by Gasteiger charge is -2.22. The number of aromatic nitrogens is 2. The first-order valence-electron chi connectivity index (χ1n) is 5.67. The Labute approximate surface area is 102 Å². The normalized spacial score (nSPS) is 11.5. The lowest BCUT2D eigenvalue weighted by Crippen LogP contribution is -2.26. The molecule has 0 aliphatic heterocycles. The van der Waals surface area contributed by atoms with E-state index in [2.05, 4.69) is 42.3 Å². The van der Waals surface area contributed by atoms with E-state index in [4.69, 9.17) is 0 Å². The predicted molar refractivity (Wildman–Crippen MR) is 72.1 cm³/mol. The average molecular weight is 239 g/mol. The van der Waals surface area contributed by atoms with E-state index < -0.39 is 0 Å². The van der Waals surface area contributed by atoms with Gasteiger partial charge >= 0.3 is 0 Å². The van der Waals surface area contributed by atoms with Crippen LogP contribution < -0.4 is 5.32 Å². The highest BCUT2D eigenvalue weighted by Crippen LogP contribution is 2.21. The zero-order valence-corrected chi connectivity index (χ0v) is 11.4. The van der Waals surface area contributed by atoms with Crippen molar-refractivity contribution in [3.05, 3.63) is 18.1 Å². The van der Waals surface area contributed by atoms with E-state index >= 15 is 0 Å². The number of aryl methyl sites for hydroxylation is 1. The molecule has 1 aromatic heterocycles. The van der Waals surface area contributed by atoms with Crippen molar-refractivity contribution in [2.45, 2.75) is 38.4 Å². The maximum atomic E-state index is 4.24. The van der Waals surface area contributed by atoms with Crippen LogP contribution in [0.3, 0.4) is 0 Å². The van der Waals surface area contributed by atoms with Crippen LogP contribution >= 0.6 is 11.8 Å². The SMILES string of the molecule is CCCc1cc(NCC(C)(C)SC)ncn1. The van der Waals surface area contributed by atoms with Crippen molar-refractivity contribution in [2.75, 3.05) is 18.1 Å². The fourth-order valence-electron chi connectivity index (χ4n) is 1.26. The second kappa shape index (κ2) is 6.09. The fourth-order valence-corrected chi connectivity index (χ4v) is 1.48. The maximum absolute atomic E-state index is 4.24. The molecule has 0 unspecified atom stereocenters. The Bertz CT molecular complexity index is 326. The number of hydrogen-bond acceptors (Lipinski definition) is 4. The van der Waals surface area contributed by atoms with Crippen molar-refractivity contribution in [2.24, 2.45) is 0 Å². The summed E-state index contributed by atoms with van der Waals surface area (Å²) in [4.78, 5) is 8.46. The van der Waals surface area contributed by atoms with Crippen LogP contribution in [-0.2, 0) is 6.42 Å². The van der Waals surface area contributed by atoms with Gasteiger partial charge in [0.05, 0.1) is 0 Å². The highest BCUT2D eigenvalue weighted by atomic mass is 32.2. The Hall–Kier alpha value is -0.770. The summed E-state index contributed by atoms with van der Waals surface area (Å²) in [7, 11) is 0. The molecular weight excluding hydrogens is 218 g/mol. The van der Waals surface area contributed by atoms with E-state index in [0.717, 1.165) is 30.9 Å². The Balaban J connectivity index is 2.57. The Morgan fingerprint density at radius 2 is 2.12 bits per heavy atom. The molecule has 0 aliphatic carbocycles. The molecule has 0 spiro atoms. The van der Waals surface area contributed by atoms with Crippen molar-refractivity contribution in [1.29, 1.82) is 0 Å². The summed E-state index contributed by atoms with van der Waals surface area (Å²) < 4.78 is 0.232. The molecule has 90 valence electrons. The van der Waals surface area contributed by atoms with Gasteiger partial charge in [0.15, 0.2) is 0 Å². The second-order valence-electron chi connectivity index (χ2n) is 4.46. The maximum Gasteiger partial charge on any atom is 0.129 e. The summed E-state index contributed by atoms with van der Waals surface area (Å²) in [6, 6.07) is 2.04. The van der Waals surface area contributed by atoms with E-state index in [9.17, 15) is 0 Å². The number of anilines is 1. The van der Waals surface area contributed by atoms with E-state index in [0.29, 0.717) is 0 Å². The van der Waals surface area contributed by atoms with E-state index in [1.54, 1.807) is 6.33 Å². The van der Waals surface area contributed by atoms with Crippen LogP contribution in [0, 0.1) is 0 Å². The van der Waals surface area contributed by atoms with Gasteiger partial charge in [0.25, 0.3) is 0 Å². The van der Waals surface area contributed by atoms with Gasteiger partial charge < -0.3 is 5.32 Å². The van der Waals surface area contributed by atoms with Gasteiger partial charge in [-0.15, -0.1) is 0 Å². The van der Waals surface area contributed by atoms with Crippen LogP contribution in [0.1, 0.15) is 32.9 Å². The molecule has 1 N–H and O–H groups in total. The number of nitrogens with zero attached hydrogens (tertiary/aromatic N) is 2. The zero-order chi connectivity index (χ0) is 12.0. The van der Waals surface area contributed by atoms with Crippen molar-refractivity contribution in [3.8, 4) is 0 Å². The lowest BCUT2D eigenvalue weighted by molar-refractivity contribution is 0.748. The third-order valence-electron chi connectivity index (χ3n) is 2.48. The van der Waals surface area contributed by atoms with Crippen molar-refractivity contribution >= 4 is 17.6 Å². The average Bonchev–Trinajstić information content (AvgIpc) is 2.28. The van der Waals surface area contributed by atoms with Crippen LogP contribution in [0.15, 0.2) is 12.4 Å². The minimum atomic E-state index is 0.232. The van der Waals surface area contributed by atoms with Crippen molar-refractivity contribution in [1.82, 2.24) is 9.97 Å². The summed E-state index contributed by atoms with van der Waals surface area (Å²) in [5, 5.41) is 3.36. The summed E-state index contributed by atoms with van der Waals surface area (Å²) in [6.07, 6.45) is 5.90. The third kappa shape index (κ3) is 4.39. The van der Waals surface area contributed by atoms with E-state index in [1.807, 2.05) is 17.8 Å². The number of nitrogens with one attached hydrogen (secondary N) is 1. The highest BCUT2D eigenvalue weighted by Gasteiger charge is 2.15. The van der Waals surface area contributed by atoms with E-state index in [1.165, 1.54) is 0 Å². The molecule has 0 saturated carbocycles. The van der Waals surface area contributed by atoms with Gasteiger partial charge in [-0.1, -0.05) is 13.3 Å². The second-order valence-corrected chi connectivity index (χ2v) is 5.98. The molecule has 4 heteroatoms. The van der Waals surface area contributed by atoms with Crippen LogP contribution in [0.5, 0.6) is 0 Å². The summed E-state index contributed by atoms with van der Waals surface area (Å²) >= 11 is 1.85. The van der Waals surface area contributed by atoms with Gasteiger partial charge in [-0.2, -0.15) is 11.8 Å². The quantitative estimate of drug-likeness (QED) is 0.828. The zero-order valence-electron chi connectivity index (χ0n) is 10.6. The number of rotatable bonds is 6. The summed E-state index contributed by atoms with van der Waals surface area (Å²) in [5.41, 5.74) is 1.11. The summed E-state index contributed by atoms with van der Waals surface area (Å²) in [5.74, 6) is 0.931. The van der Waals surface area contributed by atoms with E-state index in [-0.39, 0.29) is 4.75 Å². The van der Waals surface area contributed by atoms with Gasteiger partial charge in [0.1, 0.15) is 12.1 Å². The smallest absolute Gasteiger partial charge is 0.129 e. The molecule has 0 fully saturated rings. The predicted octanol–water partition coefficient (Wildman–Crippen LogP) is 2.98. The van der Waals surface area contributed by atoms with Crippen LogP contribution in [-0.4, -0.2) is 27.5 Å². The minimum absolute atomic E-state index is 0.232. The highest BCUT2D eigenvalue weighted by molar-refractivity contribution is 7.99. The number of hydrogen-bond donors (Lipinski definition) is 1. The first kappa shape index (κ1) is 13.3. The van der Waals surface area contributed by atoms with Gasteiger partial charge in [-0.3, -0.25) is 0 Å². The van der Waals surface area contributed by atoms with Crippen LogP contribution in [0.4, 0.5) is 5.82 Å². The largest absolute Gasteiger partial charge is 0.369 e. The minimum Gasteiger partial charge on any atom is -0.369 e. The van der Waals surface area contributed by atoms with Crippen molar-refractivity contribution < 1.29 is 0 Å². The molecule has 1 rings (SSSR count). The van der Waals surface area contributed by atoms with Gasteiger partial charge in [0, 0.05) is 23.1 Å². The van der Waals surface area contributed by atoms with Crippen LogP contribution in [0.2, 0.25) is 0 Å². The summed E-state index contributed by atoms with van der Waals surface area (Å²) in [6.45, 7) is 7.51. The van der Waals surface area contributed by atoms with Gasteiger partial charge in [0.2, 0.25) is 0 Å². The molecule has 16 heavy (non-hydrogen) atoms. The molecule has 0 atom stereocenters. The molecule has 0 bridgehead atoms. The van der Waals surface area contributed by atoms with Gasteiger partial charge in [-0.05, 0) is 26.5 Å². The van der Waals surface area contributed by atoms with Gasteiger partial charge in [-0.25, -0.2) is 9.97 Å². The number of thioether (sulfide) groups is 1. The molecule has 0 aromatic carbocycles. The fraction of sp³-hybridized carbons (Fsp3) is 0.667. The van der Waals surface area contributed by atoms with Crippen molar-refractivity contribution in [3.63, 3.8) is 0 Å². The standard InChI is InChI=1S/C12H21N3S/c1-5-6-10-7-11(15-9-14-10)13-8-12(2,3)16-4/h7,9H,5-6,8H2,1-4H3,(H,13,14,15). The molecule has 0 radical (unpaired) electrons. The molecule has 0 saturated heterocycles. The first-order valence-corrected chi connectivity index (χ1v) is 6.90. The molecule has 0 aliphatic rings. The van der Waals surface area contributed by atoms with Crippen LogP contribution in [0.25, 0.3) is 0 Å². The Morgan fingerprint density at radius 1 is 1.38 bits per heavy atom. The monoisotopic (exact) mass is 239 g/mol. The Kier molecular flexibility index (Phi) is 5.06. The topological polar surface area (TPSA) is 37.8 Å². The molecular formula is C12H21N3S.